The van der Waals surface area contributed by atoms with Gasteiger partial charge < -0.3 is 15.4 Å². The molecule has 2 amide bonds. The zero-order valence-corrected chi connectivity index (χ0v) is 16.1. The Hall–Kier alpha value is -3.29. The Morgan fingerprint density at radius 2 is 1.59 bits per heavy atom. The SMILES string of the molecule is COC(=O)[C@H](Cc1ccccc1F)NC(=O)[C@@H](Cc1ccc(F)cc1)NC(C)=O. The molecule has 0 fully saturated rings. The topological polar surface area (TPSA) is 84.5 Å². The zero-order chi connectivity index (χ0) is 21.4. The summed E-state index contributed by atoms with van der Waals surface area (Å²) in [5.74, 6) is -2.78. The van der Waals surface area contributed by atoms with Crippen molar-refractivity contribution >= 4 is 17.8 Å². The molecule has 0 unspecified atom stereocenters. The van der Waals surface area contributed by atoms with Gasteiger partial charge in [-0.3, -0.25) is 9.59 Å². The molecule has 2 aromatic carbocycles. The lowest BCUT2D eigenvalue weighted by atomic mass is 10.0. The molecule has 0 bridgehead atoms. The van der Waals surface area contributed by atoms with Crippen LogP contribution >= 0.6 is 0 Å². The molecule has 2 N–H and O–H groups in total. The fourth-order valence-corrected chi connectivity index (χ4v) is 2.80. The third-order valence-electron chi connectivity index (χ3n) is 4.23. The molecular weight excluding hydrogens is 382 g/mol. The van der Waals surface area contributed by atoms with Crippen molar-refractivity contribution in [1.82, 2.24) is 10.6 Å². The van der Waals surface area contributed by atoms with Gasteiger partial charge in [0.25, 0.3) is 0 Å². The van der Waals surface area contributed by atoms with E-state index in [2.05, 4.69) is 10.6 Å². The summed E-state index contributed by atoms with van der Waals surface area (Å²) < 4.78 is 31.8. The summed E-state index contributed by atoms with van der Waals surface area (Å²) in [5, 5.41) is 5.02. The molecule has 2 atom stereocenters. The zero-order valence-electron chi connectivity index (χ0n) is 16.1. The molecule has 0 aliphatic heterocycles. The normalized spacial score (nSPS) is 12.6. The quantitative estimate of drug-likeness (QED) is 0.659. The Kier molecular flexibility index (Phi) is 7.82. The highest BCUT2D eigenvalue weighted by Gasteiger charge is 2.28. The van der Waals surface area contributed by atoms with Gasteiger partial charge in [-0.2, -0.15) is 0 Å². The molecular formula is C21H22F2N2O4. The second kappa shape index (κ2) is 10.3. The van der Waals surface area contributed by atoms with Crippen LogP contribution in [0.15, 0.2) is 48.5 Å². The summed E-state index contributed by atoms with van der Waals surface area (Å²) in [7, 11) is 1.16. The molecule has 0 saturated carbocycles. The minimum atomic E-state index is -1.14. The van der Waals surface area contributed by atoms with Crippen molar-refractivity contribution in [2.75, 3.05) is 7.11 Å². The summed E-state index contributed by atoms with van der Waals surface area (Å²) >= 11 is 0. The highest BCUT2D eigenvalue weighted by atomic mass is 19.1. The third-order valence-corrected chi connectivity index (χ3v) is 4.23. The summed E-state index contributed by atoms with van der Waals surface area (Å²) in [4.78, 5) is 36.4. The Balaban J connectivity index is 2.17. The number of nitrogens with one attached hydrogen (secondary N) is 2. The number of halogens is 2. The van der Waals surface area contributed by atoms with Crippen LogP contribution in [0.25, 0.3) is 0 Å². The van der Waals surface area contributed by atoms with E-state index in [1.807, 2.05) is 0 Å². The van der Waals surface area contributed by atoms with Crippen molar-refractivity contribution in [1.29, 1.82) is 0 Å². The maximum Gasteiger partial charge on any atom is 0.328 e. The third kappa shape index (κ3) is 6.67. The number of carbonyl (C=O) groups is 3. The largest absolute Gasteiger partial charge is 0.467 e. The first kappa shape index (κ1) is 22.0. The van der Waals surface area contributed by atoms with Gasteiger partial charge in [-0.05, 0) is 29.3 Å². The number of esters is 1. The molecule has 0 spiro atoms. The van der Waals surface area contributed by atoms with Gasteiger partial charge in [-0.1, -0.05) is 30.3 Å². The second-order valence-electron chi connectivity index (χ2n) is 6.46. The number of benzene rings is 2. The van der Waals surface area contributed by atoms with Crippen molar-refractivity contribution in [3.05, 3.63) is 71.3 Å². The van der Waals surface area contributed by atoms with Crippen molar-refractivity contribution in [2.24, 2.45) is 0 Å². The molecule has 0 heterocycles. The first-order valence-corrected chi connectivity index (χ1v) is 8.93. The fourth-order valence-electron chi connectivity index (χ4n) is 2.80. The molecule has 0 aliphatic rings. The van der Waals surface area contributed by atoms with Crippen LogP contribution < -0.4 is 10.6 Å². The van der Waals surface area contributed by atoms with Crippen LogP contribution in [0.5, 0.6) is 0 Å². The summed E-state index contributed by atoms with van der Waals surface area (Å²) in [6.45, 7) is 1.25. The van der Waals surface area contributed by atoms with Crippen LogP contribution in [0.1, 0.15) is 18.1 Å². The van der Waals surface area contributed by atoms with Crippen molar-refractivity contribution in [3.8, 4) is 0 Å². The number of carbonyl (C=O) groups excluding carboxylic acids is 3. The van der Waals surface area contributed by atoms with E-state index in [-0.39, 0.29) is 18.4 Å². The molecule has 2 aromatic rings. The van der Waals surface area contributed by atoms with Gasteiger partial charge in [-0.25, -0.2) is 13.6 Å². The predicted molar refractivity (Wildman–Crippen MR) is 102 cm³/mol. The molecule has 6 nitrogen and oxygen atoms in total. The van der Waals surface area contributed by atoms with Crippen LogP contribution in [0, 0.1) is 11.6 Å². The molecule has 154 valence electrons. The van der Waals surface area contributed by atoms with Crippen LogP contribution in [0.3, 0.4) is 0 Å². The fraction of sp³-hybridized carbons (Fsp3) is 0.286. The Morgan fingerprint density at radius 3 is 2.17 bits per heavy atom. The number of ether oxygens (including phenoxy) is 1. The number of amides is 2. The van der Waals surface area contributed by atoms with E-state index in [1.165, 1.54) is 49.4 Å². The molecule has 0 aromatic heterocycles. The lowest BCUT2D eigenvalue weighted by molar-refractivity contribution is -0.145. The Bertz CT molecular complexity index is 871. The van der Waals surface area contributed by atoms with Crippen LogP contribution in [-0.2, 0) is 32.0 Å². The molecule has 0 radical (unpaired) electrons. The number of rotatable bonds is 8. The molecule has 0 saturated heterocycles. The van der Waals surface area contributed by atoms with Gasteiger partial charge in [0, 0.05) is 19.8 Å². The van der Waals surface area contributed by atoms with Gasteiger partial charge in [0.15, 0.2) is 0 Å². The summed E-state index contributed by atoms with van der Waals surface area (Å²) in [6, 6.07) is 9.20. The lowest BCUT2D eigenvalue weighted by Crippen LogP contribution is -2.53. The average molecular weight is 404 g/mol. The highest BCUT2D eigenvalue weighted by molar-refractivity contribution is 5.90. The Labute approximate surface area is 167 Å². The predicted octanol–water partition coefficient (Wildman–Crippen LogP) is 1.91. The monoisotopic (exact) mass is 404 g/mol. The van der Waals surface area contributed by atoms with E-state index in [1.54, 1.807) is 6.07 Å². The first-order valence-electron chi connectivity index (χ1n) is 8.93. The van der Waals surface area contributed by atoms with Gasteiger partial charge in [-0.15, -0.1) is 0 Å². The van der Waals surface area contributed by atoms with E-state index < -0.39 is 41.5 Å². The maximum atomic E-state index is 14.0. The van der Waals surface area contributed by atoms with E-state index in [0.717, 1.165) is 7.11 Å². The van der Waals surface area contributed by atoms with Gasteiger partial charge >= 0.3 is 5.97 Å². The van der Waals surface area contributed by atoms with E-state index in [0.29, 0.717) is 5.56 Å². The standard InChI is InChI=1S/C21H22F2N2O4/c1-13(26)24-18(11-14-7-9-16(22)10-8-14)20(27)25-19(21(28)29-2)12-15-5-3-4-6-17(15)23/h3-10,18-19H,11-12H2,1-2H3,(H,24,26)(H,25,27)/t18-,19+/m1/s1. The smallest absolute Gasteiger partial charge is 0.328 e. The average Bonchev–Trinajstić information content (AvgIpc) is 2.69. The summed E-state index contributed by atoms with van der Waals surface area (Å²) in [5.41, 5.74) is 0.849. The highest BCUT2D eigenvalue weighted by Crippen LogP contribution is 2.11. The lowest BCUT2D eigenvalue weighted by Gasteiger charge is -2.22. The van der Waals surface area contributed by atoms with Crippen LogP contribution in [-0.4, -0.2) is 37.0 Å². The maximum absolute atomic E-state index is 14.0. The van der Waals surface area contributed by atoms with Crippen molar-refractivity contribution < 1.29 is 27.9 Å². The first-order chi connectivity index (χ1) is 13.8. The van der Waals surface area contributed by atoms with Crippen molar-refractivity contribution in [2.45, 2.75) is 31.8 Å². The van der Waals surface area contributed by atoms with E-state index in [4.69, 9.17) is 4.74 Å². The Morgan fingerprint density at radius 1 is 0.931 bits per heavy atom. The minimum absolute atomic E-state index is 0.0826. The minimum Gasteiger partial charge on any atom is -0.467 e. The number of methoxy groups -OCH3 is 1. The summed E-state index contributed by atoms with van der Waals surface area (Å²) in [6.07, 6.45) is -0.0340. The number of hydrogen-bond acceptors (Lipinski definition) is 4. The van der Waals surface area contributed by atoms with Gasteiger partial charge in [0.1, 0.15) is 23.7 Å². The molecule has 0 aliphatic carbocycles. The number of hydrogen-bond donors (Lipinski definition) is 2. The van der Waals surface area contributed by atoms with Gasteiger partial charge in [0.2, 0.25) is 11.8 Å². The van der Waals surface area contributed by atoms with Crippen LogP contribution in [0.2, 0.25) is 0 Å². The van der Waals surface area contributed by atoms with E-state index >= 15 is 0 Å². The molecule has 29 heavy (non-hydrogen) atoms. The van der Waals surface area contributed by atoms with Crippen LogP contribution in [0.4, 0.5) is 8.78 Å². The molecule has 2 rings (SSSR count). The van der Waals surface area contributed by atoms with E-state index in [9.17, 15) is 23.2 Å². The van der Waals surface area contributed by atoms with Gasteiger partial charge in [0.05, 0.1) is 7.11 Å². The van der Waals surface area contributed by atoms with Crippen molar-refractivity contribution in [3.63, 3.8) is 0 Å². The molecule has 8 heteroatoms. The second-order valence-corrected chi connectivity index (χ2v) is 6.46.